The zero-order valence-corrected chi connectivity index (χ0v) is 89.9. The Morgan fingerprint density at radius 3 is 0.733 bits per heavy atom. The van der Waals surface area contributed by atoms with E-state index in [0.29, 0.717) is 285 Å². The predicted molar refractivity (Wildman–Crippen MR) is 567 cm³/mol. The normalized spacial score (nSPS) is 11.6. The molecule has 4 N–H and O–H groups in total. The van der Waals surface area contributed by atoms with Crippen LogP contribution in [0.5, 0.6) is 23.0 Å². The third-order valence-corrected chi connectivity index (χ3v) is 23.4. The zero-order chi connectivity index (χ0) is 102. The first-order chi connectivity index (χ1) is 72.7. The van der Waals surface area contributed by atoms with E-state index in [1.165, 1.54) is 0 Å². The van der Waals surface area contributed by atoms with Gasteiger partial charge in [-0.1, -0.05) is 133 Å². The number of amides is 2. The van der Waals surface area contributed by atoms with Crippen molar-refractivity contribution in [3.63, 3.8) is 0 Å². The Labute approximate surface area is 893 Å². The minimum absolute atomic E-state index is 0. The van der Waals surface area contributed by atoms with Gasteiger partial charge in [0.15, 0.2) is 0 Å². The summed E-state index contributed by atoms with van der Waals surface area (Å²) in [5.41, 5.74) is 18.2. The maximum atomic E-state index is 13.1. The van der Waals surface area contributed by atoms with Crippen LogP contribution in [-0.4, -0.2) is 241 Å². The van der Waals surface area contributed by atoms with Crippen LogP contribution in [0.25, 0.3) is 160 Å². The second kappa shape index (κ2) is 57.9. The van der Waals surface area contributed by atoms with Crippen molar-refractivity contribution >= 4 is 128 Å². The van der Waals surface area contributed by atoms with Crippen LogP contribution in [0.3, 0.4) is 0 Å². The van der Waals surface area contributed by atoms with Gasteiger partial charge in [0.25, 0.3) is 0 Å². The molecule has 0 fully saturated rings. The van der Waals surface area contributed by atoms with Crippen molar-refractivity contribution in [2.45, 2.75) is 25.7 Å². The maximum absolute atomic E-state index is 13.1. The van der Waals surface area contributed by atoms with Crippen LogP contribution >= 0.6 is 0 Å². The van der Waals surface area contributed by atoms with Gasteiger partial charge < -0.3 is 117 Å². The number of carbonyl (C=O) groups excluding carboxylic acids is 2. The van der Waals surface area contributed by atoms with Crippen LogP contribution in [0, 0.1) is 23.7 Å². The molecule has 2 amide bonds. The molecular weight excluding hydrogens is 2020 g/mol. The predicted octanol–water partition coefficient (Wildman–Crippen LogP) is 17.4. The van der Waals surface area contributed by atoms with Crippen LogP contribution in [0.4, 0.5) is 11.4 Å². The molecule has 32 nitrogen and oxygen atoms in total. The van der Waals surface area contributed by atoms with E-state index in [1.54, 1.807) is 52.7 Å². The van der Waals surface area contributed by atoms with E-state index >= 15 is 0 Å². The van der Waals surface area contributed by atoms with Crippen LogP contribution in [-0.2, 0) is 115 Å². The molecule has 4 aliphatic rings. The number of aliphatic carboxylic acids is 2. The van der Waals surface area contributed by atoms with Crippen LogP contribution in [0.1, 0.15) is 82.4 Å². The summed E-state index contributed by atoms with van der Waals surface area (Å²) in [5.74, 6) is 12.8. The molecule has 12 aromatic rings. The Kier molecular flexibility index (Phi) is 42.9. The Morgan fingerprint density at radius 1 is 0.260 bits per heavy atom. The summed E-state index contributed by atoms with van der Waals surface area (Å²) in [6.45, 7) is 8.81. The van der Waals surface area contributed by atoms with E-state index in [1.807, 2.05) is 218 Å². The van der Waals surface area contributed by atoms with Gasteiger partial charge in [0.1, 0.15) is 49.4 Å². The fourth-order valence-electron chi connectivity index (χ4n) is 16.4. The number of carboxylic acid groups (broad SMARTS) is 2. The second-order valence-electron chi connectivity index (χ2n) is 33.6. The summed E-state index contributed by atoms with van der Waals surface area (Å²) in [4.78, 5) is 93.4. The molecule has 0 radical (unpaired) electrons. The molecule has 762 valence electrons. The minimum atomic E-state index is -1.08. The minimum Gasteiger partial charge on any atom is -0.657 e. The third-order valence-electron chi connectivity index (χ3n) is 23.4. The quantitative estimate of drug-likeness (QED) is 0.0156. The first-order valence-electron chi connectivity index (χ1n) is 48.6. The van der Waals surface area contributed by atoms with Gasteiger partial charge in [-0.25, -0.2) is 19.9 Å². The second-order valence-corrected chi connectivity index (χ2v) is 33.6. The van der Waals surface area contributed by atoms with Gasteiger partial charge in [-0.2, -0.15) is 0 Å². The number of methoxy groups -OCH3 is 4. The number of benzene rings is 6. The molecule has 6 aromatic carbocycles. The van der Waals surface area contributed by atoms with Crippen molar-refractivity contribution in [3.05, 3.63) is 251 Å². The molecule has 4 aliphatic heterocycles. The van der Waals surface area contributed by atoms with E-state index in [0.717, 1.165) is 22.3 Å². The molecule has 0 aliphatic carbocycles. The fraction of sp³-hybridized carbons (Fsp3) is 0.276. The van der Waals surface area contributed by atoms with Gasteiger partial charge in [0, 0.05) is 63.8 Å². The molecule has 0 saturated carbocycles. The van der Waals surface area contributed by atoms with Crippen molar-refractivity contribution in [3.8, 4) is 113 Å². The summed E-state index contributed by atoms with van der Waals surface area (Å²) < 4.78 is 92.3. The van der Waals surface area contributed by atoms with Gasteiger partial charge >= 0.3 is 50.9 Å². The summed E-state index contributed by atoms with van der Waals surface area (Å²) in [6.07, 6.45) is 14.3. The number of hydrogen-bond acceptors (Lipinski definition) is 24. The van der Waals surface area contributed by atoms with Gasteiger partial charge in [-0.3, -0.25) is 19.2 Å². The standard InChI is InChI=1S/C116H116N10O22.2Zn/c1-133-49-53-137-57-61-141-65-69-145-85-15-7-11-79(73-85)113-99-33-29-91(119-99)89(92-30-34-100(120-92)114(80-12-8-16-86(74-80)146-70-66-142-62-58-138-54-50-134-2)104-42-38-96(124-104)111(95-37-41-103(113)123-95)77-21-25-83(26-22-77)117-107(127)45-47-109(129)130)19-5-6-20-90-93-31-35-101(121-93)115(81-13-9-17-87(75-81)147-71-67-143-63-59-139-55-51-135-3)105-43-39-97(125-105)112(78-23-27-84(28-24-78)118-108(128)46-48-110(131)132)98-40-44-106(126-98)116(102-36-32-94(90)122-102)82-14-10-18-88(76-82)148-72-68-144-64-60-140-56-52-136-4;;/h7-18,21-44,73-76H,45-72H2,1-4H3,(H8,117,118,119,120,121,122,123,124,125,126,127,128,129,130,131,132);;/q;2*+2/p-4. The van der Waals surface area contributed by atoms with Gasteiger partial charge in [0.05, 0.1) is 191 Å². The van der Waals surface area contributed by atoms with Crippen molar-refractivity contribution in [1.29, 1.82) is 0 Å². The molecule has 6 aromatic heterocycles. The number of carboxylic acids is 2. The molecule has 16 bridgehead atoms. The summed E-state index contributed by atoms with van der Waals surface area (Å²) >= 11 is 0. The first kappa shape index (κ1) is 111. The number of anilines is 2. The van der Waals surface area contributed by atoms with Crippen LogP contribution in [0.15, 0.2) is 194 Å². The average molecular weight is 2130 g/mol. The van der Waals surface area contributed by atoms with E-state index in [2.05, 4.69) is 34.3 Å². The number of hydrogen-bond donors (Lipinski definition) is 4. The summed E-state index contributed by atoms with van der Waals surface area (Å²) in [7, 11) is 6.49. The summed E-state index contributed by atoms with van der Waals surface area (Å²) in [6, 6.07) is 60.8. The molecule has 0 atom stereocenters. The van der Waals surface area contributed by atoms with Gasteiger partial charge in [0.2, 0.25) is 11.8 Å². The number of aromatic nitrogens is 8. The summed E-state index contributed by atoms with van der Waals surface area (Å²) in [5, 5.41) is 24.5. The molecule has 0 saturated heterocycles. The Balaban J connectivity index is 0.00000886. The molecule has 10 heterocycles. The molecule has 16 rings (SSSR count). The van der Waals surface area contributed by atoms with Gasteiger partial charge in [-0.15, -0.1) is 44.1 Å². The number of ether oxygens (including phenoxy) is 16. The van der Waals surface area contributed by atoms with Gasteiger partial charge in [-0.05, 0) is 200 Å². The monoisotopic (exact) mass is 2120 g/mol. The molecule has 0 spiro atoms. The van der Waals surface area contributed by atoms with E-state index < -0.39 is 23.8 Å². The van der Waals surface area contributed by atoms with Crippen LogP contribution < -0.4 is 49.5 Å². The fourth-order valence-corrected chi connectivity index (χ4v) is 16.4. The van der Waals surface area contributed by atoms with Crippen molar-refractivity contribution in [2.24, 2.45) is 0 Å². The van der Waals surface area contributed by atoms with Crippen molar-refractivity contribution < 1.29 is 144 Å². The molecular formula is C116H112N10O22Zn2. The Hall–Kier alpha value is -14.5. The topological polar surface area (TPSA) is 388 Å². The Morgan fingerprint density at radius 2 is 0.480 bits per heavy atom. The third kappa shape index (κ3) is 31.1. The number of nitrogens with one attached hydrogen (secondary N) is 2. The number of rotatable bonds is 54. The molecule has 150 heavy (non-hydrogen) atoms. The largest absolute Gasteiger partial charge is 2.00 e. The van der Waals surface area contributed by atoms with E-state index in [9.17, 15) is 29.4 Å². The maximum Gasteiger partial charge on any atom is 2.00 e. The number of fused-ring (bicyclic) bond motifs is 16. The Bertz CT molecular complexity index is 6760. The number of nitrogens with zero attached hydrogens (tertiary/aromatic N) is 8. The van der Waals surface area contributed by atoms with E-state index in [-0.39, 0.29) is 117 Å². The SMILES string of the molecule is COCCOCCOCCOc1cccc(-c2c3nc(c(-c4ccc(NC(=O)CCC(=O)O)cc4)c4ccc([n-]4)c(-c4cccc(OCCOCCOCCOC)c4)c4nc(c(C#CC#Cc5c6nc(c(-c7cccc(OCCOCCOCCOC)c7)c7ccc([n-]7)c(-c7ccc(NC(=O)CCC(=O)O)cc7)c7nc(c(-c8cccc(OCCOCCOCCOC)c8)c8ccc5[n-]8)C=C7)C=C6)c5ccc2[n-]5)C=C4)C=C3)c1.[Zn+2].[Zn+2]. The zero-order valence-electron chi connectivity index (χ0n) is 83.9. The van der Waals surface area contributed by atoms with Crippen molar-refractivity contribution in [2.75, 3.05) is 198 Å². The van der Waals surface area contributed by atoms with Crippen LogP contribution in [0.2, 0.25) is 0 Å². The van der Waals surface area contributed by atoms with Crippen molar-refractivity contribution in [1.82, 2.24) is 39.9 Å². The number of carbonyl (C=O) groups is 4. The first-order valence-corrected chi connectivity index (χ1v) is 48.6. The molecule has 34 heteroatoms. The van der Waals surface area contributed by atoms with E-state index in [4.69, 9.17) is 116 Å². The smallest absolute Gasteiger partial charge is 0.657 e. The average Bonchev–Trinajstić information content (AvgIpc) is 1.62. The molecule has 0 unspecified atom stereocenters.